The van der Waals surface area contributed by atoms with E-state index in [1.54, 1.807) is 0 Å². The third kappa shape index (κ3) is 2.93. The molecule has 2 aliphatic heterocycles. The van der Waals surface area contributed by atoms with Gasteiger partial charge in [0.2, 0.25) is 0 Å². The minimum atomic E-state index is -0.788. The second-order valence-electron chi connectivity index (χ2n) is 13.0. The van der Waals surface area contributed by atoms with Crippen molar-refractivity contribution in [2.75, 3.05) is 13.1 Å². The van der Waals surface area contributed by atoms with Gasteiger partial charge in [0.05, 0.1) is 17.8 Å². The van der Waals surface area contributed by atoms with Crippen LogP contribution in [0.25, 0.3) is 0 Å². The van der Waals surface area contributed by atoms with Gasteiger partial charge in [-0.1, -0.05) is 25.5 Å². The van der Waals surface area contributed by atoms with Crippen LogP contribution in [0.4, 0.5) is 0 Å². The van der Waals surface area contributed by atoms with E-state index in [1.807, 2.05) is 6.92 Å². The zero-order valence-corrected chi connectivity index (χ0v) is 19.7. The van der Waals surface area contributed by atoms with Crippen molar-refractivity contribution in [3.05, 3.63) is 11.6 Å². The van der Waals surface area contributed by atoms with Crippen molar-refractivity contribution < 1.29 is 15.3 Å². The van der Waals surface area contributed by atoms with Crippen LogP contribution in [0.2, 0.25) is 0 Å². The van der Waals surface area contributed by atoms with Gasteiger partial charge in [-0.25, -0.2) is 0 Å². The van der Waals surface area contributed by atoms with Gasteiger partial charge in [0, 0.05) is 25.0 Å². The summed E-state index contributed by atoms with van der Waals surface area (Å²) >= 11 is 0. The highest BCUT2D eigenvalue weighted by atomic mass is 16.3. The standard InChI is InChI=1S/C27H43NO3/c1-15-4-7-24-27(3,31)25-21(14-28(24)13-15)19-11-22-18(20(19)12-23(25)30)6-5-16-10-17(29)8-9-26(16,22)2/h5,15,17-25,29-31H,4,6-14H2,1-3H3/t15-,17-,18-,19+,20-,21-,22-,23-,24-,25+,26-,27+/m0/s1. The number of aliphatic hydroxyl groups excluding tert-OH is 2. The normalized spacial score (nSPS) is 59.0. The van der Waals surface area contributed by atoms with E-state index in [2.05, 4.69) is 24.8 Å². The van der Waals surface area contributed by atoms with Crippen molar-refractivity contribution >= 4 is 0 Å². The van der Waals surface area contributed by atoms with Crippen LogP contribution in [-0.4, -0.2) is 57.2 Å². The number of fused-ring (bicyclic) bond motifs is 8. The van der Waals surface area contributed by atoms with Crippen LogP contribution >= 0.6 is 0 Å². The third-order valence-electron chi connectivity index (χ3n) is 11.4. The van der Waals surface area contributed by atoms with E-state index in [1.165, 1.54) is 18.4 Å². The van der Waals surface area contributed by atoms with Crippen LogP contribution in [-0.2, 0) is 0 Å². The van der Waals surface area contributed by atoms with E-state index in [-0.39, 0.29) is 29.6 Å². The van der Waals surface area contributed by atoms with Crippen LogP contribution < -0.4 is 0 Å². The van der Waals surface area contributed by atoms with Crippen molar-refractivity contribution in [3.8, 4) is 0 Å². The summed E-state index contributed by atoms with van der Waals surface area (Å²) in [4.78, 5) is 2.61. The van der Waals surface area contributed by atoms with Crippen LogP contribution in [0.1, 0.15) is 72.1 Å². The SMILES string of the molecule is C[C@H]1CC[C@@H]2N(C1)C[C@H]1[C@@H]3C[C@H]4[C@@H](CC=C5C[C@@H](O)CC[C@@]54C)[C@@H]3C[C@H](O)[C@@H]1[C@]2(C)O. The fourth-order valence-electron chi connectivity index (χ4n) is 10.1. The van der Waals surface area contributed by atoms with Gasteiger partial charge in [-0.15, -0.1) is 0 Å². The van der Waals surface area contributed by atoms with E-state index in [0.717, 1.165) is 51.6 Å². The maximum Gasteiger partial charge on any atom is 0.0830 e. The second-order valence-corrected chi connectivity index (χ2v) is 13.0. The maximum absolute atomic E-state index is 11.8. The summed E-state index contributed by atoms with van der Waals surface area (Å²) in [7, 11) is 0. The lowest BCUT2D eigenvalue weighted by atomic mass is 9.55. The lowest BCUT2D eigenvalue weighted by molar-refractivity contribution is -0.208. The van der Waals surface area contributed by atoms with E-state index in [0.29, 0.717) is 35.5 Å². The Hall–Kier alpha value is -0.420. The molecule has 5 fully saturated rings. The Morgan fingerprint density at radius 2 is 1.74 bits per heavy atom. The van der Waals surface area contributed by atoms with E-state index < -0.39 is 5.60 Å². The molecular formula is C27H43NO3. The third-order valence-corrected chi connectivity index (χ3v) is 11.4. The lowest BCUT2D eigenvalue weighted by Crippen LogP contribution is -2.69. The molecule has 6 rings (SSSR count). The molecule has 2 saturated heterocycles. The molecule has 6 aliphatic rings. The Bertz CT molecular complexity index is 764. The Morgan fingerprint density at radius 1 is 0.968 bits per heavy atom. The highest BCUT2D eigenvalue weighted by Crippen LogP contribution is 2.66. The Kier molecular flexibility index (Phi) is 4.80. The van der Waals surface area contributed by atoms with Crippen molar-refractivity contribution in [1.82, 2.24) is 4.90 Å². The largest absolute Gasteiger partial charge is 0.393 e. The molecular weight excluding hydrogens is 386 g/mol. The number of nitrogens with zero attached hydrogens (tertiary/aromatic N) is 1. The summed E-state index contributed by atoms with van der Waals surface area (Å²) in [6.45, 7) is 9.05. The van der Waals surface area contributed by atoms with Crippen LogP contribution in [0.3, 0.4) is 0 Å². The molecule has 0 amide bonds. The second kappa shape index (κ2) is 7.04. The summed E-state index contributed by atoms with van der Waals surface area (Å²) in [5, 5.41) is 33.5. The molecule has 4 aliphatic carbocycles. The van der Waals surface area contributed by atoms with Gasteiger partial charge in [0.1, 0.15) is 0 Å². The summed E-state index contributed by atoms with van der Waals surface area (Å²) in [5.74, 6) is 3.73. The molecule has 0 aromatic carbocycles. The zero-order chi connectivity index (χ0) is 21.7. The quantitative estimate of drug-likeness (QED) is 0.515. The molecule has 4 heteroatoms. The van der Waals surface area contributed by atoms with Gasteiger partial charge in [-0.2, -0.15) is 0 Å². The first kappa shape index (κ1) is 21.1. The number of aliphatic hydroxyl groups is 3. The van der Waals surface area contributed by atoms with Gasteiger partial charge in [0.25, 0.3) is 0 Å². The molecule has 0 aromatic rings. The molecule has 0 unspecified atom stereocenters. The number of hydrogen-bond donors (Lipinski definition) is 3. The summed E-state index contributed by atoms with van der Waals surface area (Å²) in [6, 6.07) is 0.213. The Balaban J connectivity index is 1.32. The molecule has 4 nitrogen and oxygen atoms in total. The molecule has 12 atom stereocenters. The molecule has 3 N–H and O–H groups in total. The van der Waals surface area contributed by atoms with Crippen molar-refractivity contribution in [1.29, 1.82) is 0 Å². The first-order chi connectivity index (χ1) is 14.7. The van der Waals surface area contributed by atoms with Crippen molar-refractivity contribution in [2.45, 2.75) is 96.0 Å². The van der Waals surface area contributed by atoms with Crippen LogP contribution in [0.15, 0.2) is 11.6 Å². The minimum absolute atomic E-state index is 0.0250. The molecule has 2 heterocycles. The van der Waals surface area contributed by atoms with E-state index in [9.17, 15) is 15.3 Å². The summed E-state index contributed by atoms with van der Waals surface area (Å²) in [5.41, 5.74) is 0.965. The lowest BCUT2D eigenvalue weighted by Gasteiger charge is -2.61. The van der Waals surface area contributed by atoms with Gasteiger partial charge in [-0.3, -0.25) is 4.90 Å². The number of piperidine rings is 2. The molecule has 0 radical (unpaired) electrons. The molecule has 0 aromatic heterocycles. The first-order valence-electron chi connectivity index (χ1n) is 13.2. The van der Waals surface area contributed by atoms with Gasteiger partial charge in [-0.05, 0) is 99.2 Å². The average molecular weight is 430 g/mol. The predicted octanol–water partition coefficient (Wildman–Crippen LogP) is 3.60. The van der Waals surface area contributed by atoms with E-state index in [4.69, 9.17) is 0 Å². The summed E-state index contributed by atoms with van der Waals surface area (Å²) < 4.78 is 0. The average Bonchev–Trinajstić information content (AvgIpc) is 3.08. The Morgan fingerprint density at radius 3 is 2.55 bits per heavy atom. The van der Waals surface area contributed by atoms with Crippen molar-refractivity contribution in [3.63, 3.8) is 0 Å². The molecule has 31 heavy (non-hydrogen) atoms. The molecule has 0 spiro atoms. The summed E-state index contributed by atoms with van der Waals surface area (Å²) in [6.07, 6.45) is 10.4. The van der Waals surface area contributed by atoms with Gasteiger partial charge >= 0.3 is 0 Å². The number of hydrogen-bond acceptors (Lipinski definition) is 4. The highest BCUT2D eigenvalue weighted by Gasteiger charge is 2.64. The zero-order valence-electron chi connectivity index (χ0n) is 19.7. The molecule has 3 saturated carbocycles. The van der Waals surface area contributed by atoms with Gasteiger partial charge < -0.3 is 15.3 Å². The van der Waals surface area contributed by atoms with E-state index >= 15 is 0 Å². The fourth-order valence-corrected chi connectivity index (χ4v) is 10.1. The van der Waals surface area contributed by atoms with Crippen molar-refractivity contribution in [2.24, 2.45) is 46.8 Å². The Labute approximate surface area is 188 Å². The van der Waals surface area contributed by atoms with Crippen LogP contribution in [0.5, 0.6) is 0 Å². The first-order valence-corrected chi connectivity index (χ1v) is 13.2. The highest BCUT2D eigenvalue weighted by molar-refractivity contribution is 5.26. The number of allylic oxidation sites excluding steroid dienone is 1. The number of rotatable bonds is 0. The fraction of sp³-hybridized carbons (Fsp3) is 0.926. The topological polar surface area (TPSA) is 63.9 Å². The molecule has 174 valence electrons. The maximum atomic E-state index is 11.8. The van der Waals surface area contributed by atoms with Gasteiger partial charge in [0.15, 0.2) is 0 Å². The van der Waals surface area contributed by atoms with Crippen LogP contribution in [0, 0.1) is 46.8 Å². The predicted molar refractivity (Wildman–Crippen MR) is 121 cm³/mol. The monoisotopic (exact) mass is 429 g/mol. The smallest absolute Gasteiger partial charge is 0.0830 e. The minimum Gasteiger partial charge on any atom is -0.393 e. The molecule has 0 bridgehead atoms.